The Morgan fingerprint density at radius 1 is 0.475 bits per heavy atom. The Hall–Kier alpha value is -2.84. The average Bonchev–Trinajstić information content (AvgIpc) is 3.76. The summed E-state index contributed by atoms with van der Waals surface area (Å²) >= 11 is 0. The minimum absolute atomic E-state index is 0. The van der Waals surface area contributed by atoms with Gasteiger partial charge < -0.3 is 29.5 Å². The van der Waals surface area contributed by atoms with Gasteiger partial charge in [0.05, 0.1) is 44.9 Å². The van der Waals surface area contributed by atoms with Crippen molar-refractivity contribution in [1.29, 1.82) is 0 Å². The van der Waals surface area contributed by atoms with Gasteiger partial charge in [0, 0.05) is 13.1 Å². The third-order valence-electron chi connectivity index (χ3n) is 11.6. The number of benzene rings is 4. The van der Waals surface area contributed by atoms with E-state index in [1.54, 1.807) is 12.1 Å². The van der Waals surface area contributed by atoms with Crippen LogP contribution in [0.3, 0.4) is 0 Å². The van der Waals surface area contributed by atoms with Crippen molar-refractivity contribution in [3.63, 3.8) is 0 Å². The second-order valence-electron chi connectivity index (χ2n) is 16.3. The first-order valence-electron chi connectivity index (χ1n) is 22.3. The van der Waals surface area contributed by atoms with Gasteiger partial charge in [0.1, 0.15) is 20.2 Å². The van der Waals surface area contributed by atoms with Gasteiger partial charge in [0.25, 0.3) is 0 Å². The summed E-state index contributed by atoms with van der Waals surface area (Å²) in [6, 6.07) is 29.8. The average molecular weight is 899 g/mol. The second kappa shape index (κ2) is 26.1. The zero-order valence-electron chi connectivity index (χ0n) is 36.4. The van der Waals surface area contributed by atoms with E-state index in [9.17, 15) is 25.9 Å². The number of fused-ring (bicyclic) bond motifs is 2. The molecule has 10 nitrogen and oxygen atoms in total. The van der Waals surface area contributed by atoms with Crippen molar-refractivity contribution in [2.45, 2.75) is 165 Å². The Morgan fingerprint density at radius 2 is 0.803 bits per heavy atom. The molecule has 0 fully saturated rings. The van der Waals surface area contributed by atoms with Gasteiger partial charge in [-0.15, -0.1) is 0 Å². The molecule has 0 aromatic heterocycles. The van der Waals surface area contributed by atoms with Crippen LogP contribution in [0.4, 0.5) is 22.7 Å². The summed E-state index contributed by atoms with van der Waals surface area (Å²) in [6.07, 6.45) is 22.5. The van der Waals surface area contributed by atoms with Crippen LogP contribution < -0.4 is 20.4 Å². The fraction of sp³-hybridized carbons (Fsp3) is 0.500. The van der Waals surface area contributed by atoms with Gasteiger partial charge in [-0.05, 0) is 73.2 Å². The first kappa shape index (κ1) is 50.8. The van der Waals surface area contributed by atoms with Crippen molar-refractivity contribution < 1.29 is 25.9 Å². The first-order chi connectivity index (χ1) is 29.0. The first-order valence-corrected chi connectivity index (χ1v) is 25.1. The summed E-state index contributed by atoms with van der Waals surface area (Å²) < 4.78 is 68.6. The fourth-order valence-electron chi connectivity index (χ4n) is 8.27. The van der Waals surface area contributed by atoms with E-state index in [1.165, 1.54) is 125 Å². The maximum Gasteiger partial charge on any atom is 2.00 e. The maximum absolute atomic E-state index is 11.4. The van der Waals surface area contributed by atoms with E-state index >= 15 is 0 Å². The molecule has 2 atom stereocenters. The SMILES string of the molecule is CCCCCCCCCCC1Nc2cc(S(=O)(=O)[O-])ccc2N1Cc1ccccc1.CCCCCCCCCCC1Nc2cc(S(=O)(=O)[O-])ccc2N1Cc1ccccc1.[Ca+2]. The summed E-state index contributed by atoms with van der Waals surface area (Å²) in [7, 11) is -8.92. The molecule has 2 unspecified atom stereocenters. The molecule has 13 heteroatoms. The number of rotatable bonds is 24. The van der Waals surface area contributed by atoms with Crippen LogP contribution in [0.15, 0.2) is 107 Å². The summed E-state index contributed by atoms with van der Waals surface area (Å²) in [5.41, 5.74) is 5.77. The normalized spacial score (nSPS) is 15.5. The Balaban J connectivity index is 0.000000264. The van der Waals surface area contributed by atoms with Gasteiger partial charge in [-0.2, -0.15) is 0 Å². The van der Waals surface area contributed by atoms with E-state index in [4.69, 9.17) is 0 Å². The molecule has 0 aliphatic carbocycles. The molecule has 6 rings (SSSR count). The van der Waals surface area contributed by atoms with Crippen LogP contribution in [0, 0.1) is 0 Å². The van der Waals surface area contributed by atoms with Gasteiger partial charge >= 0.3 is 37.7 Å². The van der Waals surface area contributed by atoms with Crippen LogP contribution >= 0.6 is 0 Å². The molecule has 0 amide bonds. The van der Waals surface area contributed by atoms with Crippen LogP contribution in [0.2, 0.25) is 0 Å². The monoisotopic (exact) mass is 898 g/mol. The molecule has 328 valence electrons. The molecule has 2 aliphatic heterocycles. The number of nitrogens with zero attached hydrogens (tertiary/aromatic N) is 2. The molecule has 2 N–H and O–H groups in total. The minimum Gasteiger partial charge on any atom is -0.744 e. The van der Waals surface area contributed by atoms with Gasteiger partial charge in [0.2, 0.25) is 0 Å². The molecule has 0 saturated heterocycles. The Bertz CT molecular complexity index is 1960. The second-order valence-corrected chi connectivity index (χ2v) is 19.1. The summed E-state index contributed by atoms with van der Waals surface area (Å²) in [5, 5.41) is 6.92. The molecule has 2 heterocycles. The third-order valence-corrected chi connectivity index (χ3v) is 13.2. The van der Waals surface area contributed by atoms with Gasteiger partial charge in [0.15, 0.2) is 0 Å². The van der Waals surface area contributed by atoms with E-state index in [1.807, 2.05) is 36.4 Å². The van der Waals surface area contributed by atoms with Gasteiger partial charge in [-0.3, -0.25) is 0 Å². The predicted molar refractivity (Wildman–Crippen MR) is 249 cm³/mol. The molecule has 0 bridgehead atoms. The summed E-state index contributed by atoms with van der Waals surface area (Å²) in [4.78, 5) is 4.21. The Morgan fingerprint density at radius 3 is 1.13 bits per heavy atom. The van der Waals surface area contributed by atoms with Crippen LogP contribution in [0.5, 0.6) is 0 Å². The zero-order valence-corrected chi connectivity index (χ0v) is 40.2. The molecule has 4 aromatic carbocycles. The van der Waals surface area contributed by atoms with E-state index in [0.29, 0.717) is 0 Å². The Kier molecular flexibility index (Phi) is 21.7. The predicted octanol–water partition coefficient (Wildman–Crippen LogP) is 11.4. The van der Waals surface area contributed by atoms with E-state index < -0.39 is 20.2 Å². The number of hydrogen-bond donors (Lipinski definition) is 2. The standard InChI is InChI=1S/2C24H34N2O3S.Ca/c2*1-2-3-4-5-6-7-8-12-15-24-25-22-18-21(30(27,28)29)16-17-23(22)26(24)19-20-13-10-9-11-14-20;/h2*9-11,13-14,16-18,24-25H,2-8,12,15,19H2,1H3,(H,27,28,29);/q;;+2/p-2. The smallest absolute Gasteiger partial charge is 0.744 e. The number of unbranched alkanes of at least 4 members (excludes halogenated alkanes) is 14. The van der Waals surface area contributed by atoms with Crippen molar-refractivity contribution in [2.75, 3.05) is 20.4 Å². The van der Waals surface area contributed by atoms with Gasteiger partial charge in [-0.25, -0.2) is 16.8 Å². The number of anilines is 4. The molecular formula is C48H66CaN4O6S2. The molecule has 61 heavy (non-hydrogen) atoms. The third kappa shape index (κ3) is 16.3. The van der Waals surface area contributed by atoms with E-state index in [2.05, 4.69) is 58.5 Å². The van der Waals surface area contributed by atoms with Crippen LogP contribution in [0.25, 0.3) is 0 Å². The van der Waals surface area contributed by atoms with Crippen molar-refractivity contribution >= 4 is 80.7 Å². The minimum atomic E-state index is -4.46. The molecule has 0 spiro atoms. The molecule has 0 saturated carbocycles. The Labute approximate surface area is 396 Å². The van der Waals surface area contributed by atoms with E-state index in [0.717, 1.165) is 61.5 Å². The molecule has 0 radical (unpaired) electrons. The fourth-order valence-corrected chi connectivity index (χ4v) is 9.27. The zero-order chi connectivity index (χ0) is 42.8. The quantitative estimate of drug-likeness (QED) is 0.0396. The summed E-state index contributed by atoms with van der Waals surface area (Å²) in [6.45, 7) is 5.96. The number of nitrogens with one attached hydrogen (secondary N) is 2. The molecule has 4 aromatic rings. The molecule has 2 aliphatic rings. The van der Waals surface area contributed by atoms with Crippen molar-refractivity contribution in [3.05, 3.63) is 108 Å². The van der Waals surface area contributed by atoms with Crippen LogP contribution in [0.1, 0.15) is 141 Å². The van der Waals surface area contributed by atoms with Gasteiger partial charge in [-0.1, -0.05) is 164 Å². The largest absolute Gasteiger partial charge is 2.00 e. The van der Waals surface area contributed by atoms with Crippen LogP contribution in [-0.2, 0) is 33.3 Å². The van der Waals surface area contributed by atoms with Crippen LogP contribution in [-0.4, -0.2) is 76.0 Å². The number of hydrogen-bond acceptors (Lipinski definition) is 10. The van der Waals surface area contributed by atoms with Crippen molar-refractivity contribution in [3.8, 4) is 0 Å². The van der Waals surface area contributed by atoms with Crippen molar-refractivity contribution in [2.24, 2.45) is 0 Å². The van der Waals surface area contributed by atoms with E-state index in [-0.39, 0.29) is 59.9 Å². The topological polar surface area (TPSA) is 145 Å². The summed E-state index contributed by atoms with van der Waals surface area (Å²) in [5.74, 6) is 0. The molecular weight excluding hydrogens is 833 g/mol. The van der Waals surface area contributed by atoms with Crippen molar-refractivity contribution in [1.82, 2.24) is 0 Å². The maximum atomic E-state index is 11.4.